The van der Waals surface area contributed by atoms with Gasteiger partial charge in [-0.05, 0) is 43.5 Å². The summed E-state index contributed by atoms with van der Waals surface area (Å²) in [7, 11) is 1.79. The lowest BCUT2D eigenvalue weighted by atomic mass is 9.99. The van der Waals surface area contributed by atoms with Crippen molar-refractivity contribution in [3.63, 3.8) is 0 Å². The van der Waals surface area contributed by atoms with E-state index in [1.807, 2.05) is 12.1 Å². The molecule has 0 radical (unpaired) electrons. The van der Waals surface area contributed by atoms with E-state index in [1.54, 1.807) is 7.11 Å². The van der Waals surface area contributed by atoms with Gasteiger partial charge in [0.2, 0.25) is 0 Å². The van der Waals surface area contributed by atoms with Crippen LogP contribution in [0.25, 0.3) is 0 Å². The van der Waals surface area contributed by atoms with Crippen LogP contribution in [0, 0.1) is 0 Å². The standard InChI is InChI=1S/C14H19Cl2NO/c1-10-7-13(18-2)5-6-17(10)14-4-3-12(16)8-11(14)9-15/h3-4,8,10,13H,5-7,9H2,1-2H3. The van der Waals surface area contributed by atoms with Gasteiger partial charge >= 0.3 is 0 Å². The van der Waals surface area contributed by atoms with Crippen molar-refractivity contribution in [2.24, 2.45) is 0 Å². The quantitative estimate of drug-likeness (QED) is 0.777. The number of nitrogens with zero attached hydrogens (tertiary/aromatic N) is 1. The van der Waals surface area contributed by atoms with Gasteiger partial charge in [0, 0.05) is 36.3 Å². The molecule has 0 spiro atoms. The average molecular weight is 288 g/mol. The van der Waals surface area contributed by atoms with Gasteiger partial charge in [0.1, 0.15) is 0 Å². The molecular formula is C14H19Cl2NO. The first kappa shape index (κ1) is 14.0. The molecule has 2 unspecified atom stereocenters. The monoisotopic (exact) mass is 287 g/mol. The molecule has 100 valence electrons. The number of hydrogen-bond acceptors (Lipinski definition) is 2. The summed E-state index contributed by atoms with van der Waals surface area (Å²) >= 11 is 12.0. The minimum atomic E-state index is 0.378. The van der Waals surface area contributed by atoms with Gasteiger partial charge in [0.15, 0.2) is 0 Å². The normalized spacial score (nSPS) is 24.3. The Morgan fingerprint density at radius 2 is 2.22 bits per heavy atom. The van der Waals surface area contributed by atoms with E-state index in [2.05, 4.69) is 17.9 Å². The third-order valence-corrected chi connectivity index (χ3v) is 4.18. The Morgan fingerprint density at radius 1 is 1.44 bits per heavy atom. The van der Waals surface area contributed by atoms with Crippen LogP contribution in [-0.2, 0) is 10.6 Å². The van der Waals surface area contributed by atoms with Crippen LogP contribution in [0.1, 0.15) is 25.3 Å². The van der Waals surface area contributed by atoms with Crippen molar-refractivity contribution < 1.29 is 4.74 Å². The Bertz CT molecular complexity index is 411. The summed E-state index contributed by atoms with van der Waals surface area (Å²) in [4.78, 5) is 2.41. The first-order valence-corrected chi connectivity index (χ1v) is 7.20. The van der Waals surface area contributed by atoms with E-state index in [1.165, 1.54) is 5.69 Å². The maximum atomic E-state index is 6.02. The number of hydrogen-bond donors (Lipinski definition) is 0. The number of methoxy groups -OCH3 is 1. The highest BCUT2D eigenvalue weighted by Crippen LogP contribution is 2.31. The topological polar surface area (TPSA) is 12.5 Å². The summed E-state index contributed by atoms with van der Waals surface area (Å²) in [6.45, 7) is 3.24. The predicted molar refractivity (Wildman–Crippen MR) is 77.8 cm³/mol. The largest absolute Gasteiger partial charge is 0.381 e. The minimum absolute atomic E-state index is 0.378. The molecule has 1 saturated heterocycles. The average Bonchev–Trinajstić information content (AvgIpc) is 2.39. The molecule has 0 amide bonds. The number of piperidine rings is 1. The third-order valence-electron chi connectivity index (χ3n) is 3.66. The number of rotatable bonds is 3. The molecule has 4 heteroatoms. The number of anilines is 1. The van der Waals surface area contributed by atoms with Crippen LogP contribution >= 0.6 is 23.2 Å². The van der Waals surface area contributed by atoms with Gasteiger partial charge in [0.05, 0.1) is 6.10 Å². The van der Waals surface area contributed by atoms with E-state index >= 15 is 0 Å². The molecule has 1 fully saturated rings. The van der Waals surface area contributed by atoms with Crippen molar-refractivity contribution >= 4 is 28.9 Å². The van der Waals surface area contributed by atoms with Crippen molar-refractivity contribution in [1.29, 1.82) is 0 Å². The molecule has 2 atom stereocenters. The zero-order chi connectivity index (χ0) is 13.1. The summed E-state index contributed by atoms with van der Waals surface area (Å²) in [5.41, 5.74) is 2.31. The lowest BCUT2D eigenvalue weighted by molar-refractivity contribution is 0.0721. The molecule has 0 bridgehead atoms. The lowest BCUT2D eigenvalue weighted by Crippen LogP contribution is -2.43. The van der Waals surface area contributed by atoms with Crippen LogP contribution in [0.3, 0.4) is 0 Å². The summed E-state index contributed by atoms with van der Waals surface area (Å²) in [5, 5.41) is 0.744. The molecule has 0 aliphatic carbocycles. The zero-order valence-electron chi connectivity index (χ0n) is 10.8. The van der Waals surface area contributed by atoms with Gasteiger partial charge in [-0.2, -0.15) is 0 Å². The van der Waals surface area contributed by atoms with Crippen molar-refractivity contribution in [3.8, 4) is 0 Å². The molecule has 1 aliphatic heterocycles. The fourth-order valence-electron chi connectivity index (χ4n) is 2.64. The Labute approximate surface area is 119 Å². The SMILES string of the molecule is COC1CCN(c2ccc(Cl)cc2CCl)C(C)C1. The fraction of sp³-hybridized carbons (Fsp3) is 0.571. The number of halogens is 2. The molecule has 0 saturated carbocycles. The maximum Gasteiger partial charge on any atom is 0.0607 e. The van der Waals surface area contributed by atoms with Crippen LogP contribution < -0.4 is 4.90 Å². The number of alkyl halides is 1. The van der Waals surface area contributed by atoms with E-state index < -0.39 is 0 Å². The van der Waals surface area contributed by atoms with Gasteiger partial charge < -0.3 is 9.64 Å². The molecule has 1 aliphatic rings. The summed E-state index contributed by atoms with van der Waals surface area (Å²) in [5.74, 6) is 0.493. The van der Waals surface area contributed by atoms with Gasteiger partial charge in [-0.25, -0.2) is 0 Å². The second-order valence-electron chi connectivity index (χ2n) is 4.83. The van der Waals surface area contributed by atoms with E-state index in [-0.39, 0.29) is 0 Å². The highest BCUT2D eigenvalue weighted by molar-refractivity contribution is 6.30. The third kappa shape index (κ3) is 2.93. The van der Waals surface area contributed by atoms with Gasteiger partial charge in [0.25, 0.3) is 0 Å². The van der Waals surface area contributed by atoms with Crippen LogP contribution in [0.15, 0.2) is 18.2 Å². The van der Waals surface area contributed by atoms with Crippen molar-refractivity contribution in [3.05, 3.63) is 28.8 Å². The van der Waals surface area contributed by atoms with Gasteiger partial charge in [-0.1, -0.05) is 11.6 Å². The molecule has 2 nitrogen and oxygen atoms in total. The Hall–Kier alpha value is -0.440. The zero-order valence-corrected chi connectivity index (χ0v) is 12.3. The summed E-state index contributed by atoms with van der Waals surface area (Å²) < 4.78 is 5.45. The smallest absolute Gasteiger partial charge is 0.0607 e. The Balaban J connectivity index is 2.21. The molecule has 0 N–H and O–H groups in total. The second-order valence-corrected chi connectivity index (χ2v) is 5.53. The highest BCUT2D eigenvalue weighted by Gasteiger charge is 2.26. The van der Waals surface area contributed by atoms with Gasteiger partial charge in [-0.15, -0.1) is 11.6 Å². The van der Waals surface area contributed by atoms with Crippen molar-refractivity contribution in [2.75, 3.05) is 18.6 Å². The fourth-order valence-corrected chi connectivity index (χ4v) is 3.05. The van der Waals surface area contributed by atoms with E-state index in [4.69, 9.17) is 27.9 Å². The first-order chi connectivity index (χ1) is 8.65. The van der Waals surface area contributed by atoms with Crippen LogP contribution in [-0.4, -0.2) is 25.8 Å². The summed E-state index contributed by atoms with van der Waals surface area (Å²) in [6.07, 6.45) is 2.49. The highest BCUT2D eigenvalue weighted by atomic mass is 35.5. The van der Waals surface area contributed by atoms with Crippen molar-refractivity contribution in [2.45, 2.75) is 37.8 Å². The van der Waals surface area contributed by atoms with Crippen LogP contribution in [0.4, 0.5) is 5.69 Å². The minimum Gasteiger partial charge on any atom is -0.381 e. The number of benzene rings is 1. The van der Waals surface area contributed by atoms with Gasteiger partial charge in [-0.3, -0.25) is 0 Å². The lowest BCUT2D eigenvalue weighted by Gasteiger charge is -2.39. The molecule has 0 aromatic heterocycles. The molecule has 1 aromatic carbocycles. The molecule has 1 heterocycles. The van der Waals surface area contributed by atoms with Crippen molar-refractivity contribution in [1.82, 2.24) is 0 Å². The second kappa shape index (κ2) is 6.14. The molecule has 18 heavy (non-hydrogen) atoms. The van der Waals surface area contributed by atoms with E-state index in [9.17, 15) is 0 Å². The first-order valence-electron chi connectivity index (χ1n) is 6.29. The van der Waals surface area contributed by atoms with E-state index in [0.717, 1.165) is 30.0 Å². The molecular weight excluding hydrogens is 269 g/mol. The van der Waals surface area contributed by atoms with Crippen LogP contribution in [0.2, 0.25) is 5.02 Å². The summed E-state index contributed by atoms with van der Waals surface area (Å²) in [6, 6.07) is 6.43. The molecule has 2 rings (SSSR count). The van der Waals surface area contributed by atoms with E-state index in [0.29, 0.717) is 18.0 Å². The predicted octanol–water partition coefficient (Wildman–Crippen LogP) is 4.08. The number of ether oxygens (including phenoxy) is 1. The Kier molecular flexibility index (Phi) is 4.77. The maximum absolute atomic E-state index is 6.02. The van der Waals surface area contributed by atoms with Crippen LogP contribution in [0.5, 0.6) is 0 Å². The molecule has 1 aromatic rings. The Morgan fingerprint density at radius 3 is 2.83 bits per heavy atom.